The smallest absolute Gasteiger partial charge is 0.356 e. The van der Waals surface area contributed by atoms with Crippen LogP contribution in [0.2, 0.25) is 0 Å². The molecule has 1 aliphatic heterocycles. The average molecular weight is 515 g/mol. The van der Waals surface area contributed by atoms with Gasteiger partial charge in [0, 0.05) is 56.8 Å². The number of aromatic amines is 1. The fourth-order valence-corrected chi connectivity index (χ4v) is 4.49. The quantitative estimate of drug-likeness (QED) is 0.407. The first-order valence-corrected chi connectivity index (χ1v) is 11.6. The number of methoxy groups -OCH3 is 1. The van der Waals surface area contributed by atoms with E-state index in [9.17, 15) is 18.0 Å². The van der Waals surface area contributed by atoms with Crippen LogP contribution < -0.4 is 10.2 Å². The first-order chi connectivity index (χ1) is 17.7. The molecule has 37 heavy (non-hydrogen) atoms. The summed E-state index contributed by atoms with van der Waals surface area (Å²) in [6.07, 6.45) is -3.18. The molecule has 10 nitrogen and oxygen atoms in total. The fourth-order valence-electron chi connectivity index (χ4n) is 4.49. The molecule has 1 aromatic carbocycles. The van der Waals surface area contributed by atoms with Crippen LogP contribution >= 0.6 is 0 Å². The van der Waals surface area contributed by atoms with Crippen molar-refractivity contribution in [1.29, 1.82) is 0 Å². The lowest BCUT2D eigenvalue weighted by Gasteiger charge is -2.41. The second kappa shape index (κ2) is 9.39. The monoisotopic (exact) mass is 514 g/mol. The Hall–Kier alpha value is -4.13. The molecule has 0 saturated carbocycles. The predicted molar refractivity (Wildman–Crippen MR) is 130 cm³/mol. The lowest BCUT2D eigenvalue weighted by molar-refractivity contribution is -0.270. The zero-order chi connectivity index (χ0) is 26.2. The van der Waals surface area contributed by atoms with E-state index in [0.717, 1.165) is 18.3 Å². The number of aromatic nitrogens is 5. The van der Waals surface area contributed by atoms with Crippen molar-refractivity contribution in [1.82, 2.24) is 29.7 Å². The third-order valence-electron chi connectivity index (χ3n) is 6.37. The van der Waals surface area contributed by atoms with Crippen LogP contribution in [0.3, 0.4) is 0 Å². The molecule has 13 heteroatoms. The molecule has 4 heterocycles. The van der Waals surface area contributed by atoms with Gasteiger partial charge < -0.3 is 19.9 Å². The van der Waals surface area contributed by atoms with Crippen molar-refractivity contribution in [3.8, 4) is 0 Å². The normalized spacial score (nSPS) is 16.1. The molecule has 0 spiro atoms. The Morgan fingerprint density at radius 3 is 2.43 bits per heavy atom. The van der Waals surface area contributed by atoms with E-state index < -0.39 is 17.7 Å². The summed E-state index contributed by atoms with van der Waals surface area (Å²) >= 11 is 0. The summed E-state index contributed by atoms with van der Waals surface area (Å²) in [4.78, 5) is 21.0. The molecule has 1 saturated heterocycles. The summed E-state index contributed by atoms with van der Waals surface area (Å²) in [5, 5.41) is 14.8. The van der Waals surface area contributed by atoms with Crippen molar-refractivity contribution >= 4 is 29.0 Å². The number of H-pyrrole nitrogens is 1. The second-order valence-electron chi connectivity index (χ2n) is 8.69. The van der Waals surface area contributed by atoms with Gasteiger partial charge in [-0.25, -0.2) is 4.52 Å². The van der Waals surface area contributed by atoms with Crippen LogP contribution in [0.15, 0.2) is 54.7 Å². The number of hydrogen-bond donors (Lipinski definition) is 2. The summed E-state index contributed by atoms with van der Waals surface area (Å²) in [6, 6.07) is 12.5. The van der Waals surface area contributed by atoms with E-state index in [-0.39, 0.29) is 31.7 Å². The minimum absolute atomic E-state index is 0.0429. The highest BCUT2D eigenvalue weighted by Gasteiger charge is 2.63. The maximum atomic E-state index is 14.3. The number of carbonyl (C=O) groups is 1. The zero-order valence-electron chi connectivity index (χ0n) is 20.2. The van der Waals surface area contributed by atoms with E-state index in [0.29, 0.717) is 17.6 Å². The molecule has 0 unspecified atom stereocenters. The third-order valence-corrected chi connectivity index (χ3v) is 6.37. The van der Waals surface area contributed by atoms with Crippen molar-refractivity contribution in [3.63, 3.8) is 0 Å². The molecule has 5 rings (SSSR count). The fraction of sp³-hybridized carbons (Fsp3) is 0.333. The Morgan fingerprint density at radius 1 is 1.08 bits per heavy atom. The largest absolute Gasteiger partial charge is 0.430 e. The summed E-state index contributed by atoms with van der Waals surface area (Å²) < 4.78 is 49.6. The number of halogens is 3. The summed E-state index contributed by atoms with van der Waals surface area (Å²) in [6.45, 7) is 2.45. The molecule has 1 aliphatic rings. The lowest BCUT2D eigenvalue weighted by atomic mass is 9.90. The number of rotatable bonds is 6. The SMILES string of the molecule is CO[C@@](C(=O)N1CCN(c2nc(Nc3cc(C)[nH]n3)c3cccn3n2)CC1)(c1ccccc1)C(F)(F)F. The van der Waals surface area contributed by atoms with Crippen LogP contribution in [-0.4, -0.2) is 75.1 Å². The van der Waals surface area contributed by atoms with Crippen molar-refractivity contribution in [3.05, 3.63) is 66.0 Å². The average Bonchev–Trinajstić information content (AvgIpc) is 3.53. The molecule has 0 aliphatic carbocycles. The standard InChI is InChI=1S/C24H25F3N8O2/c1-16-15-19(31-30-16)28-20-18-9-6-10-35(18)32-22(29-20)34-13-11-33(12-14-34)21(36)23(37-2,24(25,26)27)17-7-4-3-5-8-17/h3-10,15H,11-14H2,1-2H3,(H2,28,29,30,31,32)/t23-/m1/s1. The Labute approximate surface area is 210 Å². The molecular formula is C24H25F3N8O2. The molecular weight excluding hydrogens is 489 g/mol. The van der Waals surface area contributed by atoms with Gasteiger partial charge in [0.15, 0.2) is 11.6 Å². The number of carbonyl (C=O) groups excluding carboxylic acids is 1. The van der Waals surface area contributed by atoms with Crippen molar-refractivity contribution in [2.45, 2.75) is 18.7 Å². The van der Waals surface area contributed by atoms with Gasteiger partial charge in [-0.15, -0.1) is 5.10 Å². The predicted octanol–water partition coefficient (Wildman–Crippen LogP) is 3.26. The Morgan fingerprint density at radius 2 is 1.81 bits per heavy atom. The van der Waals surface area contributed by atoms with Crippen LogP contribution in [0, 0.1) is 6.92 Å². The molecule has 1 atom stereocenters. The van der Waals surface area contributed by atoms with Gasteiger partial charge in [0.25, 0.3) is 11.5 Å². The van der Waals surface area contributed by atoms with Gasteiger partial charge in [-0.3, -0.25) is 9.89 Å². The number of benzene rings is 1. The van der Waals surface area contributed by atoms with Gasteiger partial charge >= 0.3 is 6.18 Å². The molecule has 1 amide bonds. The Kier molecular flexibility index (Phi) is 6.23. The molecule has 4 aromatic rings. The minimum atomic E-state index is -4.95. The second-order valence-corrected chi connectivity index (χ2v) is 8.69. The van der Waals surface area contributed by atoms with Crippen LogP contribution in [0.5, 0.6) is 0 Å². The van der Waals surface area contributed by atoms with E-state index >= 15 is 0 Å². The molecule has 0 radical (unpaired) electrons. The zero-order valence-corrected chi connectivity index (χ0v) is 20.2. The van der Waals surface area contributed by atoms with Gasteiger partial charge in [0.05, 0.1) is 0 Å². The Bertz CT molecular complexity index is 1400. The van der Waals surface area contributed by atoms with Crippen molar-refractivity contribution in [2.24, 2.45) is 0 Å². The number of amides is 1. The van der Waals surface area contributed by atoms with Gasteiger partial charge in [0.2, 0.25) is 5.95 Å². The number of piperazine rings is 1. The molecule has 0 bridgehead atoms. The minimum Gasteiger partial charge on any atom is -0.356 e. The first kappa shape index (κ1) is 24.6. The number of hydrogen-bond acceptors (Lipinski definition) is 7. The lowest BCUT2D eigenvalue weighted by Crippen LogP contribution is -2.60. The highest BCUT2D eigenvalue weighted by Crippen LogP contribution is 2.43. The molecule has 194 valence electrons. The number of fused-ring (bicyclic) bond motifs is 1. The van der Waals surface area contributed by atoms with Crippen molar-refractivity contribution < 1.29 is 22.7 Å². The number of nitrogens with zero attached hydrogens (tertiary/aromatic N) is 6. The van der Waals surface area contributed by atoms with Crippen LogP contribution in [0.1, 0.15) is 11.3 Å². The number of ether oxygens (including phenoxy) is 1. The number of nitrogens with one attached hydrogen (secondary N) is 2. The maximum absolute atomic E-state index is 14.3. The first-order valence-electron chi connectivity index (χ1n) is 11.6. The van der Waals surface area contributed by atoms with E-state index in [1.54, 1.807) is 16.8 Å². The highest BCUT2D eigenvalue weighted by molar-refractivity contribution is 5.88. The van der Waals surface area contributed by atoms with Crippen LogP contribution in [-0.2, 0) is 15.1 Å². The third kappa shape index (κ3) is 4.35. The van der Waals surface area contributed by atoms with E-state index in [2.05, 4.69) is 25.6 Å². The summed E-state index contributed by atoms with van der Waals surface area (Å²) in [5.41, 5.74) is -1.74. The van der Waals surface area contributed by atoms with Gasteiger partial charge in [-0.05, 0) is 19.1 Å². The number of alkyl halides is 3. The number of anilines is 3. The maximum Gasteiger partial charge on any atom is 0.430 e. The molecule has 2 N–H and O–H groups in total. The van der Waals surface area contributed by atoms with Crippen LogP contribution in [0.4, 0.5) is 30.8 Å². The van der Waals surface area contributed by atoms with E-state index in [1.807, 2.05) is 30.0 Å². The van der Waals surface area contributed by atoms with Gasteiger partial charge in [-0.1, -0.05) is 30.3 Å². The summed E-state index contributed by atoms with van der Waals surface area (Å²) in [5.74, 6) is 0.345. The topological polar surface area (TPSA) is 104 Å². The van der Waals surface area contributed by atoms with Gasteiger partial charge in [-0.2, -0.15) is 23.3 Å². The molecule has 3 aromatic heterocycles. The highest BCUT2D eigenvalue weighted by atomic mass is 19.4. The molecule has 1 fully saturated rings. The number of aryl methyl sites for hydroxylation is 1. The van der Waals surface area contributed by atoms with Gasteiger partial charge in [0.1, 0.15) is 5.52 Å². The van der Waals surface area contributed by atoms with E-state index in [1.165, 1.54) is 29.2 Å². The summed E-state index contributed by atoms with van der Waals surface area (Å²) in [7, 11) is 0.907. The van der Waals surface area contributed by atoms with E-state index in [4.69, 9.17) is 4.74 Å². The Balaban J connectivity index is 1.38. The van der Waals surface area contributed by atoms with Crippen LogP contribution in [0.25, 0.3) is 5.52 Å². The van der Waals surface area contributed by atoms with Crippen molar-refractivity contribution in [2.75, 3.05) is 43.5 Å².